The van der Waals surface area contributed by atoms with Gasteiger partial charge in [0.15, 0.2) is 0 Å². The summed E-state index contributed by atoms with van der Waals surface area (Å²) in [6, 6.07) is 0. The third kappa shape index (κ3) is 10.5. The van der Waals surface area contributed by atoms with Crippen molar-refractivity contribution in [3.63, 3.8) is 0 Å². The van der Waals surface area contributed by atoms with Crippen molar-refractivity contribution in [1.29, 1.82) is 0 Å². The fourth-order valence-electron chi connectivity index (χ4n) is 0.535. The Morgan fingerprint density at radius 3 is 1.79 bits per heavy atom. The van der Waals surface area contributed by atoms with Crippen molar-refractivity contribution in [1.82, 2.24) is 0 Å². The van der Waals surface area contributed by atoms with Crippen LogP contribution in [0.2, 0.25) is 0 Å². The molecule has 0 spiro atoms. The number of ether oxygens (including phenoxy) is 3. The highest BCUT2D eigenvalue weighted by atomic mass is 16.5. The van der Waals surface area contributed by atoms with Gasteiger partial charge in [-0.1, -0.05) is 13.2 Å². The maximum absolute atomic E-state index is 10.8. The van der Waals surface area contributed by atoms with Gasteiger partial charge in [0.25, 0.3) is 0 Å². The molecule has 0 fully saturated rings. The Hall–Kier alpha value is -2.37. The number of methoxy groups -OCH3 is 2. The zero-order valence-corrected chi connectivity index (χ0v) is 11.5. The van der Waals surface area contributed by atoms with Crippen LogP contribution in [0, 0.1) is 0 Å². The third-order valence-corrected chi connectivity index (χ3v) is 1.57. The second kappa shape index (κ2) is 10.8. The van der Waals surface area contributed by atoms with Crippen LogP contribution >= 0.6 is 0 Å². The summed E-state index contributed by atoms with van der Waals surface area (Å²) in [5, 5.41) is 0. The number of carbonyl (C=O) groups is 3. The summed E-state index contributed by atoms with van der Waals surface area (Å²) in [5.74, 6) is -1.49. The average Bonchev–Trinajstić information content (AvgIpc) is 2.42. The lowest BCUT2D eigenvalue weighted by Crippen LogP contribution is -2.05. The number of hydrogen-bond acceptors (Lipinski definition) is 6. The fraction of sp³-hybridized carbons (Fsp3) is 0.308. The van der Waals surface area contributed by atoms with Gasteiger partial charge in [0, 0.05) is 11.6 Å². The topological polar surface area (TPSA) is 78.9 Å². The Labute approximate surface area is 112 Å². The number of carbonyl (C=O) groups excluding carboxylic acids is 3. The quantitative estimate of drug-likeness (QED) is 0.333. The molecule has 0 aliphatic heterocycles. The van der Waals surface area contributed by atoms with Crippen molar-refractivity contribution in [2.75, 3.05) is 14.2 Å². The molecule has 0 rings (SSSR count). The van der Waals surface area contributed by atoms with Gasteiger partial charge in [-0.05, 0) is 13.8 Å². The van der Waals surface area contributed by atoms with E-state index >= 15 is 0 Å². The summed E-state index contributed by atoms with van der Waals surface area (Å²) in [7, 11) is 2.56. The van der Waals surface area contributed by atoms with Crippen LogP contribution in [-0.4, -0.2) is 32.1 Å². The molecule has 6 nitrogen and oxygen atoms in total. The minimum atomic E-state index is -0.566. The predicted molar refractivity (Wildman–Crippen MR) is 68.9 cm³/mol. The lowest BCUT2D eigenvalue weighted by atomic mass is 10.3. The number of hydrogen-bond donors (Lipinski definition) is 0. The van der Waals surface area contributed by atoms with E-state index in [9.17, 15) is 14.4 Å². The highest BCUT2D eigenvalue weighted by molar-refractivity contribution is 5.90. The van der Waals surface area contributed by atoms with E-state index in [4.69, 9.17) is 0 Å². The molecule has 0 heterocycles. The van der Waals surface area contributed by atoms with Gasteiger partial charge in [-0.2, -0.15) is 0 Å². The average molecular weight is 270 g/mol. The van der Waals surface area contributed by atoms with Crippen LogP contribution in [-0.2, 0) is 28.6 Å². The van der Waals surface area contributed by atoms with Gasteiger partial charge in [0.2, 0.25) is 0 Å². The van der Waals surface area contributed by atoms with Gasteiger partial charge in [0.1, 0.15) is 6.26 Å². The second-order valence-corrected chi connectivity index (χ2v) is 3.21. The molecular formula is C13H18O6. The molecule has 0 saturated heterocycles. The van der Waals surface area contributed by atoms with Gasteiger partial charge in [-0.3, -0.25) is 0 Å². The van der Waals surface area contributed by atoms with E-state index in [2.05, 4.69) is 27.4 Å². The van der Waals surface area contributed by atoms with Crippen LogP contribution in [0.15, 0.2) is 36.6 Å². The second-order valence-electron chi connectivity index (χ2n) is 3.21. The predicted octanol–water partition coefficient (Wildman–Crippen LogP) is 1.53. The molecule has 19 heavy (non-hydrogen) atoms. The largest absolute Gasteiger partial charge is 0.466 e. The van der Waals surface area contributed by atoms with E-state index in [1.807, 2.05) is 0 Å². The van der Waals surface area contributed by atoms with Crippen molar-refractivity contribution in [2.45, 2.75) is 13.8 Å². The molecule has 0 radical (unpaired) electrons. The maximum atomic E-state index is 10.8. The molecule has 0 aromatic rings. The van der Waals surface area contributed by atoms with E-state index in [0.717, 1.165) is 12.3 Å². The first-order valence-electron chi connectivity index (χ1n) is 5.12. The maximum Gasteiger partial charge on any atom is 0.337 e. The van der Waals surface area contributed by atoms with Gasteiger partial charge in [-0.15, -0.1) is 0 Å². The van der Waals surface area contributed by atoms with E-state index in [-0.39, 0.29) is 11.1 Å². The Morgan fingerprint density at radius 2 is 1.53 bits per heavy atom. The normalized spacial score (nSPS) is 9.37. The Bertz CT molecular complexity index is 392. The zero-order valence-electron chi connectivity index (χ0n) is 11.5. The molecule has 0 saturated carbocycles. The van der Waals surface area contributed by atoms with Crippen molar-refractivity contribution in [3.05, 3.63) is 36.6 Å². The van der Waals surface area contributed by atoms with Crippen molar-refractivity contribution < 1.29 is 28.6 Å². The molecule has 0 bridgehead atoms. The Kier molecular flexibility index (Phi) is 10.8. The first-order valence-corrected chi connectivity index (χ1v) is 5.12. The summed E-state index contributed by atoms with van der Waals surface area (Å²) in [6.07, 6.45) is 2.16. The van der Waals surface area contributed by atoms with Gasteiger partial charge in [-0.25, -0.2) is 14.4 Å². The minimum absolute atomic E-state index is 0.220. The lowest BCUT2D eigenvalue weighted by molar-refractivity contribution is -0.137. The smallest absolute Gasteiger partial charge is 0.337 e. The molecule has 0 aliphatic carbocycles. The van der Waals surface area contributed by atoms with E-state index in [1.165, 1.54) is 28.1 Å². The van der Waals surface area contributed by atoms with E-state index in [0.29, 0.717) is 0 Å². The molecule has 0 N–H and O–H groups in total. The SMILES string of the molecule is C=C(C)C(=O)O/C=C(\C)C(=O)OC.C=CC(=O)OC. The summed E-state index contributed by atoms with van der Waals surface area (Å²) in [5.41, 5.74) is 0.492. The first kappa shape index (κ1) is 19.0. The molecule has 0 atom stereocenters. The number of rotatable bonds is 4. The molecule has 6 heteroatoms. The third-order valence-electron chi connectivity index (χ3n) is 1.57. The molecular weight excluding hydrogens is 252 g/mol. The highest BCUT2D eigenvalue weighted by Gasteiger charge is 2.05. The van der Waals surface area contributed by atoms with Crippen LogP contribution in [0.5, 0.6) is 0 Å². The van der Waals surface area contributed by atoms with Crippen molar-refractivity contribution >= 4 is 17.9 Å². The van der Waals surface area contributed by atoms with Crippen LogP contribution in [0.1, 0.15) is 13.8 Å². The van der Waals surface area contributed by atoms with Crippen LogP contribution in [0.3, 0.4) is 0 Å². The number of esters is 3. The summed E-state index contributed by atoms with van der Waals surface area (Å²) >= 11 is 0. The van der Waals surface area contributed by atoms with Crippen LogP contribution < -0.4 is 0 Å². The van der Waals surface area contributed by atoms with Crippen LogP contribution in [0.25, 0.3) is 0 Å². The van der Waals surface area contributed by atoms with Crippen LogP contribution in [0.4, 0.5) is 0 Å². The monoisotopic (exact) mass is 270 g/mol. The summed E-state index contributed by atoms with van der Waals surface area (Å²) in [4.78, 5) is 31.5. The summed E-state index contributed by atoms with van der Waals surface area (Å²) < 4.78 is 13.1. The molecule has 0 unspecified atom stereocenters. The lowest BCUT2D eigenvalue weighted by Gasteiger charge is -1.99. The molecule has 106 valence electrons. The van der Waals surface area contributed by atoms with Gasteiger partial charge < -0.3 is 14.2 Å². The van der Waals surface area contributed by atoms with E-state index in [1.54, 1.807) is 0 Å². The standard InChI is InChI=1S/C9H12O4.C4H6O2/c1-6(2)8(10)13-5-7(3)9(11)12-4;1-3-4(5)6-2/h5H,1H2,2-4H3;3H,1H2,2H3/b7-5+;. The molecule has 0 amide bonds. The summed E-state index contributed by atoms with van der Waals surface area (Å²) in [6.45, 7) is 9.54. The van der Waals surface area contributed by atoms with Gasteiger partial charge >= 0.3 is 17.9 Å². The molecule has 0 aromatic heterocycles. The zero-order chi connectivity index (χ0) is 15.4. The Balaban J connectivity index is 0. The minimum Gasteiger partial charge on any atom is -0.466 e. The highest BCUT2D eigenvalue weighted by Crippen LogP contribution is 1.99. The molecule has 0 aliphatic rings. The van der Waals surface area contributed by atoms with Crippen molar-refractivity contribution in [3.8, 4) is 0 Å². The first-order chi connectivity index (χ1) is 8.79. The van der Waals surface area contributed by atoms with E-state index < -0.39 is 17.9 Å². The fourth-order valence-corrected chi connectivity index (χ4v) is 0.535. The Morgan fingerprint density at radius 1 is 1.00 bits per heavy atom. The van der Waals surface area contributed by atoms with Crippen molar-refractivity contribution in [2.24, 2.45) is 0 Å². The molecule has 0 aromatic carbocycles. The van der Waals surface area contributed by atoms with Gasteiger partial charge in [0.05, 0.1) is 19.8 Å².